The standard InChI is InChI=1S/C16H14N2O6S/c19-12-6-7-13(20)18(12)24-15(22)9-25-11-8-14(21)17(16(11)23)10-4-2-1-3-5-10/h1-5,11H,6-9H2. The van der Waals surface area contributed by atoms with E-state index in [2.05, 4.69) is 0 Å². The highest BCUT2D eigenvalue weighted by molar-refractivity contribution is 8.01. The van der Waals surface area contributed by atoms with Crippen LogP contribution in [0.5, 0.6) is 0 Å². The maximum atomic E-state index is 12.4. The molecule has 3 rings (SSSR count). The van der Waals surface area contributed by atoms with E-state index < -0.39 is 28.9 Å². The molecule has 0 spiro atoms. The molecule has 0 radical (unpaired) electrons. The number of rotatable bonds is 5. The van der Waals surface area contributed by atoms with Crippen LogP contribution in [-0.2, 0) is 28.8 Å². The molecule has 2 heterocycles. The monoisotopic (exact) mass is 362 g/mol. The Bertz CT molecular complexity index is 734. The normalized spacial score (nSPS) is 20.6. The molecule has 0 bridgehead atoms. The number of hydroxylamine groups is 2. The summed E-state index contributed by atoms with van der Waals surface area (Å²) in [5.74, 6) is -2.93. The molecule has 1 aromatic carbocycles. The van der Waals surface area contributed by atoms with Crippen LogP contribution < -0.4 is 4.90 Å². The van der Waals surface area contributed by atoms with Crippen LogP contribution in [0.25, 0.3) is 0 Å². The van der Waals surface area contributed by atoms with Gasteiger partial charge < -0.3 is 4.84 Å². The number of thioether (sulfide) groups is 1. The van der Waals surface area contributed by atoms with Crippen LogP contribution in [0.2, 0.25) is 0 Å². The van der Waals surface area contributed by atoms with Crippen LogP contribution in [0.3, 0.4) is 0 Å². The number of carbonyl (C=O) groups is 5. The van der Waals surface area contributed by atoms with Gasteiger partial charge in [-0.2, -0.15) is 0 Å². The van der Waals surface area contributed by atoms with Crippen molar-refractivity contribution < 1.29 is 28.8 Å². The van der Waals surface area contributed by atoms with Gasteiger partial charge in [-0.1, -0.05) is 18.2 Å². The molecule has 1 unspecified atom stereocenters. The predicted molar refractivity (Wildman–Crippen MR) is 87.0 cm³/mol. The van der Waals surface area contributed by atoms with E-state index in [9.17, 15) is 24.0 Å². The highest BCUT2D eigenvalue weighted by atomic mass is 32.2. The van der Waals surface area contributed by atoms with Gasteiger partial charge in [0.15, 0.2) is 0 Å². The Morgan fingerprint density at radius 3 is 2.32 bits per heavy atom. The topological polar surface area (TPSA) is 101 Å². The first-order valence-electron chi connectivity index (χ1n) is 7.57. The first-order chi connectivity index (χ1) is 12.0. The average molecular weight is 362 g/mol. The Morgan fingerprint density at radius 1 is 1.04 bits per heavy atom. The first-order valence-corrected chi connectivity index (χ1v) is 8.62. The van der Waals surface area contributed by atoms with Crippen LogP contribution in [-0.4, -0.2) is 45.7 Å². The Kier molecular flexibility index (Phi) is 4.84. The van der Waals surface area contributed by atoms with Gasteiger partial charge in [-0.3, -0.25) is 19.2 Å². The summed E-state index contributed by atoms with van der Waals surface area (Å²) in [7, 11) is 0. The molecule has 130 valence electrons. The number of imide groups is 2. The molecule has 9 heteroatoms. The zero-order chi connectivity index (χ0) is 18.0. The van der Waals surface area contributed by atoms with E-state index in [0.29, 0.717) is 10.8 Å². The van der Waals surface area contributed by atoms with Gasteiger partial charge >= 0.3 is 5.97 Å². The zero-order valence-electron chi connectivity index (χ0n) is 13.0. The van der Waals surface area contributed by atoms with E-state index >= 15 is 0 Å². The first kappa shape index (κ1) is 17.2. The molecule has 2 aliphatic heterocycles. The smallest absolute Gasteiger partial charge is 0.329 e. The Balaban J connectivity index is 1.56. The second kappa shape index (κ2) is 7.06. The summed E-state index contributed by atoms with van der Waals surface area (Å²) >= 11 is 0.952. The van der Waals surface area contributed by atoms with Crippen LogP contribution in [0.1, 0.15) is 19.3 Å². The molecule has 2 fully saturated rings. The van der Waals surface area contributed by atoms with E-state index in [4.69, 9.17) is 4.84 Å². The molecule has 25 heavy (non-hydrogen) atoms. The molecule has 1 aromatic rings. The van der Waals surface area contributed by atoms with E-state index in [1.807, 2.05) is 0 Å². The van der Waals surface area contributed by atoms with Crippen molar-refractivity contribution in [2.45, 2.75) is 24.5 Å². The third kappa shape index (κ3) is 3.55. The Hall–Kier alpha value is -2.68. The maximum Gasteiger partial charge on any atom is 0.343 e. The van der Waals surface area contributed by atoms with E-state index in [1.54, 1.807) is 30.3 Å². The SMILES string of the molecule is O=C(CSC1CC(=O)N(c2ccccc2)C1=O)ON1C(=O)CCC1=O. The molecule has 0 aromatic heterocycles. The highest BCUT2D eigenvalue weighted by Crippen LogP contribution is 2.29. The van der Waals surface area contributed by atoms with Gasteiger partial charge in [0.05, 0.1) is 16.7 Å². The highest BCUT2D eigenvalue weighted by Gasteiger charge is 2.40. The summed E-state index contributed by atoms with van der Waals surface area (Å²) in [4.78, 5) is 64.9. The minimum Gasteiger partial charge on any atom is -0.329 e. The molecule has 0 saturated carbocycles. The predicted octanol–water partition coefficient (Wildman–Crippen LogP) is 0.659. The van der Waals surface area contributed by atoms with Crippen molar-refractivity contribution in [1.82, 2.24) is 5.06 Å². The summed E-state index contributed by atoms with van der Waals surface area (Å²) in [5.41, 5.74) is 0.483. The fourth-order valence-corrected chi connectivity index (χ4v) is 3.44. The van der Waals surface area contributed by atoms with Gasteiger partial charge in [0.25, 0.3) is 11.8 Å². The van der Waals surface area contributed by atoms with Crippen molar-refractivity contribution >= 4 is 47.0 Å². The molecule has 1 atom stereocenters. The lowest BCUT2D eigenvalue weighted by Crippen LogP contribution is -2.33. The molecule has 4 amide bonds. The van der Waals surface area contributed by atoms with Gasteiger partial charge in [-0.05, 0) is 12.1 Å². The average Bonchev–Trinajstić information content (AvgIpc) is 3.06. The number of amides is 4. The number of para-hydroxylation sites is 1. The second-order valence-corrected chi connectivity index (χ2v) is 6.64. The fraction of sp³-hybridized carbons (Fsp3) is 0.312. The number of anilines is 1. The van der Waals surface area contributed by atoms with Crippen molar-refractivity contribution in [2.75, 3.05) is 10.7 Å². The Labute approximate surface area is 147 Å². The summed E-state index contributed by atoms with van der Waals surface area (Å²) < 4.78 is 0. The lowest BCUT2D eigenvalue weighted by atomic mass is 10.3. The van der Waals surface area contributed by atoms with E-state index in [1.165, 1.54) is 0 Å². The van der Waals surface area contributed by atoms with Crippen molar-refractivity contribution in [3.05, 3.63) is 30.3 Å². The van der Waals surface area contributed by atoms with Crippen LogP contribution in [0, 0.1) is 0 Å². The maximum absolute atomic E-state index is 12.4. The van der Waals surface area contributed by atoms with Crippen molar-refractivity contribution in [3.63, 3.8) is 0 Å². The summed E-state index contributed by atoms with van der Waals surface area (Å²) in [6, 6.07) is 8.52. The van der Waals surface area contributed by atoms with Crippen LogP contribution >= 0.6 is 11.8 Å². The number of hydrogen-bond donors (Lipinski definition) is 0. The van der Waals surface area contributed by atoms with Crippen molar-refractivity contribution in [2.24, 2.45) is 0 Å². The minimum absolute atomic E-state index is 0.0148. The summed E-state index contributed by atoms with van der Waals surface area (Å²) in [6.45, 7) is 0. The fourth-order valence-electron chi connectivity index (χ4n) is 2.54. The largest absolute Gasteiger partial charge is 0.343 e. The molecule has 0 aliphatic carbocycles. The molecule has 8 nitrogen and oxygen atoms in total. The number of benzene rings is 1. The molecule has 2 saturated heterocycles. The molecular weight excluding hydrogens is 348 g/mol. The lowest BCUT2D eigenvalue weighted by molar-refractivity contribution is -0.195. The van der Waals surface area contributed by atoms with Gasteiger partial charge in [-0.15, -0.1) is 16.8 Å². The summed E-state index contributed by atoms with van der Waals surface area (Å²) in [6.07, 6.45) is 0.00899. The number of nitrogens with zero attached hydrogens (tertiary/aromatic N) is 2. The second-order valence-electron chi connectivity index (χ2n) is 5.45. The molecule has 0 N–H and O–H groups in total. The zero-order valence-corrected chi connectivity index (χ0v) is 13.9. The van der Waals surface area contributed by atoms with Gasteiger partial charge in [0, 0.05) is 19.3 Å². The quantitative estimate of drug-likeness (QED) is 0.709. The van der Waals surface area contributed by atoms with Crippen molar-refractivity contribution in [3.8, 4) is 0 Å². The molecule has 2 aliphatic rings. The van der Waals surface area contributed by atoms with Gasteiger partial charge in [-0.25, -0.2) is 9.69 Å². The number of carbonyl (C=O) groups excluding carboxylic acids is 5. The summed E-state index contributed by atoms with van der Waals surface area (Å²) in [5, 5.41) is -0.244. The molecular formula is C16H14N2O6S. The Morgan fingerprint density at radius 2 is 1.68 bits per heavy atom. The van der Waals surface area contributed by atoms with E-state index in [0.717, 1.165) is 16.7 Å². The van der Waals surface area contributed by atoms with Crippen molar-refractivity contribution in [1.29, 1.82) is 0 Å². The van der Waals surface area contributed by atoms with Gasteiger partial charge in [0.2, 0.25) is 11.8 Å². The van der Waals surface area contributed by atoms with Crippen LogP contribution in [0.4, 0.5) is 5.69 Å². The van der Waals surface area contributed by atoms with E-state index in [-0.39, 0.29) is 30.9 Å². The van der Waals surface area contributed by atoms with Gasteiger partial charge in [0.1, 0.15) is 0 Å². The third-order valence-electron chi connectivity index (χ3n) is 3.72. The van der Waals surface area contributed by atoms with Crippen LogP contribution in [0.15, 0.2) is 30.3 Å². The lowest BCUT2D eigenvalue weighted by Gasteiger charge is -2.15. The third-order valence-corrected chi connectivity index (χ3v) is 4.89. The minimum atomic E-state index is -0.813. The number of hydrogen-bond acceptors (Lipinski definition) is 7.